The predicted octanol–water partition coefficient (Wildman–Crippen LogP) is 5.51. The number of hydrogen-bond acceptors (Lipinski definition) is 7. The fourth-order valence-electron chi connectivity index (χ4n) is 4.40. The van der Waals surface area contributed by atoms with Gasteiger partial charge in [0.05, 0.1) is 5.41 Å². The molecule has 3 N–H and O–H groups in total. The Morgan fingerprint density at radius 2 is 1.64 bits per heavy atom. The predicted molar refractivity (Wildman–Crippen MR) is 170 cm³/mol. The van der Waals surface area contributed by atoms with E-state index in [2.05, 4.69) is 10.6 Å². The van der Waals surface area contributed by atoms with E-state index in [-0.39, 0.29) is 44.4 Å². The van der Waals surface area contributed by atoms with Gasteiger partial charge < -0.3 is 25.2 Å². The molecule has 2 aromatic rings. The van der Waals surface area contributed by atoms with E-state index in [1.807, 2.05) is 63.3 Å². The number of rotatable bonds is 6. The number of nitrogens with one attached hydrogen (secondary N) is 2. The maximum Gasteiger partial charge on any atom is 0.347 e. The molecule has 9 nitrogen and oxygen atoms in total. The fraction of sp³-hybridized carbons (Fsp3) is 0.429. The monoisotopic (exact) mass is 606 g/mol. The lowest BCUT2D eigenvalue weighted by atomic mass is 9.93. The van der Waals surface area contributed by atoms with Crippen molar-refractivity contribution < 1.29 is 33.8 Å². The molecule has 2 amide bonds. The van der Waals surface area contributed by atoms with Gasteiger partial charge in [-0.25, -0.2) is 4.79 Å². The van der Waals surface area contributed by atoms with Gasteiger partial charge in [-0.2, -0.15) is 0 Å². The van der Waals surface area contributed by atoms with Crippen LogP contribution in [-0.4, -0.2) is 47.6 Å². The van der Waals surface area contributed by atoms with Crippen LogP contribution in [0.3, 0.4) is 0 Å². The van der Waals surface area contributed by atoms with Crippen molar-refractivity contribution in [2.24, 2.45) is 17.3 Å². The molecule has 0 aliphatic carbocycles. The van der Waals surface area contributed by atoms with Crippen LogP contribution in [0.4, 0.5) is 0 Å². The third-order valence-corrected chi connectivity index (χ3v) is 7.11. The number of ether oxygens (including phenoxy) is 2. The Bertz CT molecular complexity index is 1320. The van der Waals surface area contributed by atoms with Crippen LogP contribution < -0.4 is 10.6 Å². The second-order valence-corrected chi connectivity index (χ2v) is 11.9. The largest absolute Gasteiger partial charge is 0.508 e. The van der Waals surface area contributed by atoms with Crippen molar-refractivity contribution in [1.29, 1.82) is 0 Å². The zero-order valence-electron chi connectivity index (χ0n) is 25.4. The molecule has 0 fully saturated rings. The molecule has 0 radical (unpaired) electrons. The van der Waals surface area contributed by atoms with Crippen LogP contribution in [-0.2, 0) is 28.7 Å². The minimum Gasteiger partial charge on any atom is -0.508 e. The molecule has 2 aromatic carbocycles. The number of hydrogen-bond donors (Lipinski definition) is 3. The molecule has 4 atom stereocenters. The molecule has 0 saturated carbocycles. The van der Waals surface area contributed by atoms with Crippen LogP contribution in [0.25, 0.3) is 6.08 Å². The lowest BCUT2D eigenvalue weighted by molar-refractivity contribution is -0.178. The van der Waals surface area contributed by atoms with Gasteiger partial charge in [-0.3, -0.25) is 14.4 Å². The summed E-state index contributed by atoms with van der Waals surface area (Å²) >= 11 is 0. The lowest BCUT2D eigenvalue weighted by Crippen LogP contribution is -2.46. The van der Waals surface area contributed by atoms with Gasteiger partial charge in [0.1, 0.15) is 17.9 Å². The summed E-state index contributed by atoms with van der Waals surface area (Å²) in [4.78, 5) is 52.9. The number of carbonyl (C=O) groups excluding carboxylic acids is 4. The number of cyclic esters (lactones) is 2. The number of phenolic OH excluding ortho intramolecular Hbond substituents is 1. The average Bonchev–Trinajstić information content (AvgIpc) is 2.97. The van der Waals surface area contributed by atoms with E-state index in [9.17, 15) is 24.3 Å². The highest BCUT2D eigenvalue weighted by molar-refractivity contribution is 5.93. The van der Waals surface area contributed by atoms with E-state index in [1.165, 1.54) is 30.3 Å². The first-order valence-electron chi connectivity index (χ1n) is 14.5. The molecule has 0 bridgehead atoms. The maximum atomic E-state index is 13.4. The van der Waals surface area contributed by atoms with E-state index in [1.54, 1.807) is 19.9 Å². The van der Waals surface area contributed by atoms with E-state index >= 15 is 0 Å². The summed E-state index contributed by atoms with van der Waals surface area (Å²) in [6.07, 6.45) is 5.40. The van der Waals surface area contributed by atoms with Crippen molar-refractivity contribution >= 4 is 29.8 Å². The highest BCUT2D eigenvalue weighted by atomic mass is 16.6. The van der Waals surface area contributed by atoms with Crippen molar-refractivity contribution in [3.63, 3.8) is 0 Å². The Morgan fingerprint density at radius 3 is 2.27 bits per heavy atom. The number of amides is 2. The second-order valence-electron chi connectivity index (χ2n) is 11.9. The molecule has 1 aliphatic rings. The quantitative estimate of drug-likeness (QED) is 0.370. The van der Waals surface area contributed by atoms with Crippen molar-refractivity contribution in [2.45, 2.75) is 73.1 Å². The van der Waals surface area contributed by atoms with Crippen LogP contribution in [0.2, 0.25) is 0 Å². The zero-order chi connectivity index (χ0) is 31.6. The molecule has 9 heteroatoms. The van der Waals surface area contributed by atoms with Gasteiger partial charge in [-0.05, 0) is 55.5 Å². The van der Waals surface area contributed by atoms with Crippen LogP contribution in [0.5, 0.6) is 5.75 Å². The van der Waals surface area contributed by atoms with E-state index in [0.29, 0.717) is 5.56 Å². The second kappa shape index (κ2) is 16.4. The summed E-state index contributed by atoms with van der Waals surface area (Å²) in [5.41, 5.74) is 0.231. The topological polar surface area (TPSA) is 131 Å². The molecule has 3 rings (SSSR count). The highest BCUT2D eigenvalue weighted by Gasteiger charge is 2.37. The number of benzene rings is 2. The van der Waals surface area contributed by atoms with Crippen molar-refractivity contribution in [3.8, 4) is 5.75 Å². The van der Waals surface area contributed by atoms with Crippen molar-refractivity contribution in [1.82, 2.24) is 10.6 Å². The third kappa shape index (κ3) is 10.7. The Hall–Kier alpha value is -4.40. The van der Waals surface area contributed by atoms with Gasteiger partial charge in [0.25, 0.3) is 0 Å². The molecule has 0 saturated heterocycles. The maximum absolute atomic E-state index is 13.4. The Morgan fingerprint density at radius 1 is 0.977 bits per heavy atom. The van der Waals surface area contributed by atoms with Gasteiger partial charge in [-0.15, -0.1) is 0 Å². The van der Waals surface area contributed by atoms with Gasteiger partial charge in [-0.1, -0.05) is 88.9 Å². The normalized spacial score (nSPS) is 23.1. The van der Waals surface area contributed by atoms with Crippen LogP contribution in [0, 0.1) is 17.3 Å². The molecular weight excluding hydrogens is 560 g/mol. The minimum atomic E-state index is -1.20. The number of carbonyl (C=O) groups is 4. The number of esters is 2. The van der Waals surface area contributed by atoms with Crippen molar-refractivity contribution in [3.05, 3.63) is 84.0 Å². The summed E-state index contributed by atoms with van der Waals surface area (Å²) in [5.74, 6) is -2.62. The molecule has 1 aliphatic heterocycles. The van der Waals surface area contributed by atoms with Gasteiger partial charge in [0, 0.05) is 18.9 Å². The van der Waals surface area contributed by atoms with Gasteiger partial charge >= 0.3 is 11.9 Å². The number of phenols is 1. The molecule has 0 spiro atoms. The van der Waals surface area contributed by atoms with E-state index in [4.69, 9.17) is 9.47 Å². The Balaban J connectivity index is 0.00000675. The van der Waals surface area contributed by atoms with E-state index in [0.717, 1.165) is 5.56 Å². The minimum absolute atomic E-state index is 0. The molecule has 0 unspecified atom stereocenters. The molecule has 1 heterocycles. The smallest absolute Gasteiger partial charge is 0.347 e. The molecular formula is C35H46N2O7. The first-order valence-corrected chi connectivity index (χ1v) is 14.5. The Kier molecular flexibility index (Phi) is 13.4. The molecule has 0 aromatic heterocycles. The van der Waals surface area contributed by atoms with Crippen LogP contribution >= 0.6 is 0 Å². The van der Waals surface area contributed by atoms with Crippen LogP contribution in [0.15, 0.2) is 72.8 Å². The van der Waals surface area contributed by atoms with Gasteiger partial charge in [0.2, 0.25) is 11.8 Å². The summed E-state index contributed by atoms with van der Waals surface area (Å²) in [5, 5.41) is 15.1. The first-order chi connectivity index (χ1) is 20.4. The molecule has 44 heavy (non-hydrogen) atoms. The fourth-order valence-corrected chi connectivity index (χ4v) is 4.40. The summed E-state index contributed by atoms with van der Waals surface area (Å²) in [7, 11) is 0. The zero-order valence-corrected chi connectivity index (χ0v) is 25.4. The summed E-state index contributed by atoms with van der Waals surface area (Å²) in [6, 6.07) is 14.5. The van der Waals surface area contributed by atoms with Crippen molar-refractivity contribution in [2.75, 3.05) is 6.54 Å². The molecule has 238 valence electrons. The first kappa shape index (κ1) is 35.8. The number of aromatic hydroxyl groups is 1. The Labute approximate surface area is 260 Å². The summed E-state index contributed by atoms with van der Waals surface area (Å²) < 4.78 is 11.7. The standard InChI is InChI=1S/C34H42N2O7.CH4/c1-22(2)20-28-32(40)42-27(23(3)14-15-24-10-7-6-8-11-24)12-9-13-29(38)36-30(25-16-18-26(37)19-17-25)31(39)35-21-34(4,5)33(41)43-28;/h6-11,13-19,22-23,27-28,30,37H,12,20-21H2,1-5H3,(H,35,39)(H,36,38);1H4/b13-9+,15-14+;/t23-,27+,28+,30-;/m1./s1. The SMILES string of the molecule is C.CC(C)C[C@@H]1OC(=O)C(C)(C)CNC(=O)[C@@H](c2ccc(O)cc2)NC(=O)/C=C/C[C@@H]([C@H](C)/C=C/c2ccccc2)OC1=O. The van der Waals surface area contributed by atoms with Gasteiger partial charge in [0.15, 0.2) is 6.10 Å². The third-order valence-electron chi connectivity index (χ3n) is 7.11. The average molecular weight is 607 g/mol. The van der Waals surface area contributed by atoms with Crippen LogP contribution in [0.1, 0.15) is 72.1 Å². The highest BCUT2D eigenvalue weighted by Crippen LogP contribution is 2.24. The lowest BCUT2D eigenvalue weighted by Gasteiger charge is -2.29. The van der Waals surface area contributed by atoms with E-state index < -0.39 is 47.4 Å². The summed E-state index contributed by atoms with van der Waals surface area (Å²) in [6.45, 7) is 8.83.